The largest absolute Gasteiger partial charge is 0.379 e. The lowest BCUT2D eigenvalue weighted by atomic mass is 9.86. The highest BCUT2D eigenvalue weighted by molar-refractivity contribution is 5.50. The maximum absolute atomic E-state index is 5.47. The fourth-order valence-corrected chi connectivity index (χ4v) is 3.60. The van der Waals surface area contributed by atoms with Gasteiger partial charge in [0.05, 0.1) is 13.2 Å². The molecule has 0 radical (unpaired) electrons. The molecule has 2 aliphatic heterocycles. The summed E-state index contributed by atoms with van der Waals surface area (Å²) >= 11 is 0. The van der Waals surface area contributed by atoms with Gasteiger partial charge in [-0.25, -0.2) is 0 Å². The number of nitrogens with zero attached hydrogens (tertiary/aromatic N) is 2. The molecule has 1 aromatic rings. The van der Waals surface area contributed by atoms with Crippen LogP contribution in [0.5, 0.6) is 0 Å². The molecule has 0 aromatic heterocycles. The van der Waals surface area contributed by atoms with Crippen LogP contribution in [-0.2, 0) is 10.2 Å². The molecule has 0 bridgehead atoms. The standard InChI is InChI=1S/C19H30N2O/c1-19(2,3)16-5-4-6-18(15-16)20-9-7-17(8-10-20)21-11-13-22-14-12-21/h4-6,15,17H,7-14H2,1-3H3. The second-order valence-corrected chi connectivity index (χ2v) is 7.67. The summed E-state index contributed by atoms with van der Waals surface area (Å²) in [5.74, 6) is 0. The van der Waals surface area contributed by atoms with E-state index in [4.69, 9.17) is 4.74 Å². The van der Waals surface area contributed by atoms with Gasteiger partial charge in [0.15, 0.2) is 0 Å². The summed E-state index contributed by atoms with van der Waals surface area (Å²) in [4.78, 5) is 5.19. The predicted octanol–water partition coefficient (Wildman–Crippen LogP) is 3.29. The molecule has 3 nitrogen and oxygen atoms in total. The molecule has 3 heteroatoms. The van der Waals surface area contributed by atoms with Crippen LogP contribution in [0.15, 0.2) is 24.3 Å². The number of hydrogen-bond acceptors (Lipinski definition) is 3. The maximum atomic E-state index is 5.47. The van der Waals surface area contributed by atoms with E-state index in [0.717, 1.165) is 32.3 Å². The molecule has 2 fully saturated rings. The fourth-order valence-electron chi connectivity index (χ4n) is 3.60. The molecule has 2 aliphatic rings. The van der Waals surface area contributed by atoms with Crippen molar-refractivity contribution in [2.75, 3.05) is 44.3 Å². The Labute approximate surface area is 135 Å². The fraction of sp³-hybridized carbons (Fsp3) is 0.684. The Hall–Kier alpha value is -1.06. The average molecular weight is 302 g/mol. The highest BCUT2D eigenvalue weighted by atomic mass is 16.5. The summed E-state index contributed by atoms with van der Waals surface area (Å²) < 4.78 is 5.47. The Bertz CT molecular complexity index is 480. The summed E-state index contributed by atoms with van der Waals surface area (Å²) in [7, 11) is 0. The van der Waals surface area contributed by atoms with E-state index in [2.05, 4.69) is 54.8 Å². The van der Waals surface area contributed by atoms with Gasteiger partial charge < -0.3 is 9.64 Å². The molecular formula is C19H30N2O. The summed E-state index contributed by atoms with van der Waals surface area (Å²) in [6, 6.07) is 9.87. The van der Waals surface area contributed by atoms with E-state index in [-0.39, 0.29) is 5.41 Å². The Kier molecular flexibility index (Phi) is 4.74. The van der Waals surface area contributed by atoms with Crippen LogP contribution < -0.4 is 4.90 Å². The molecular weight excluding hydrogens is 272 g/mol. The van der Waals surface area contributed by atoms with Gasteiger partial charge in [-0.1, -0.05) is 32.9 Å². The molecule has 0 amide bonds. The molecule has 2 saturated heterocycles. The molecule has 22 heavy (non-hydrogen) atoms. The van der Waals surface area contributed by atoms with Crippen LogP contribution in [0.2, 0.25) is 0 Å². The zero-order valence-corrected chi connectivity index (χ0v) is 14.3. The number of hydrogen-bond donors (Lipinski definition) is 0. The number of piperidine rings is 1. The Balaban J connectivity index is 1.61. The first-order valence-electron chi connectivity index (χ1n) is 8.71. The molecule has 0 N–H and O–H groups in total. The van der Waals surface area contributed by atoms with E-state index in [1.165, 1.54) is 37.2 Å². The van der Waals surface area contributed by atoms with E-state index in [0.29, 0.717) is 0 Å². The third-order valence-corrected chi connectivity index (χ3v) is 5.10. The summed E-state index contributed by atoms with van der Waals surface area (Å²) in [5, 5.41) is 0. The Morgan fingerprint density at radius 1 is 1.00 bits per heavy atom. The van der Waals surface area contributed by atoms with Crippen LogP contribution in [0.25, 0.3) is 0 Å². The van der Waals surface area contributed by atoms with Crippen molar-refractivity contribution < 1.29 is 4.74 Å². The molecule has 122 valence electrons. The van der Waals surface area contributed by atoms with Gasteiger partial charge in [-0.15, -0.1) is 0 Å². The van der Waals surface area contributed by atoms with E-state index in [1.807, 2.05) is 0 Å². The van der Waals surface area contributed by atoms with Gasteiger partial charge in [0.25, 0.3) is 0 Å². The van der Waals surface area contributed by atoms with Crippen LogP contribution in [0.3, 0.4) is 0 Å². The monoisotopic (exact) mass is 302 g/mol. The van der Waals surface area contributed by atoms with Crippen molar-refractivity contribution in [3.05, 3.63) is 29.8 Å². The van der Waals surface area contributed by atoms with Gasteiger partial charge in [0, 0.05) is 37.9 Å². The maximum Gasteiger partial charge on any atom is 0.0594 e. The highest BCUT2D eigenvalue weighted by Gasteiger charge is 2.26. The molecule has 2 heterocycles. The summed E-state index contributed by atoms with van der Waals surface area (Å²) in [5.41, 5.74) is 3.05. The van der Waals surface area contributed by atoms with Gasteiger partial charge >= 0.3 is 0 Å². The normalized spacial score (nSPS) is 22.0. The van der Waals surface area contributed by atoms with Crippen molar-refractivity contribution in [3.63, 3.8) is 0 Å². The van der Waals surface area contributed by atoms with Crippen LogP contribution in [-0.4, -0.2) is 50.3 Å². The third kappa shape index (κ3) is 3.64. The Morgan fingerprint density at radius 2 is 1.68 bits per heavy atom. The lowest BCUT2D eigenvalue weighted by molar-refractivity contribution is 0.0115. The molecule has 3 rings (SSSR count). The lowest BCUT2D eigenvalue weighted by Gasteiger charge is -2.41. The number of anilines is 1. The van der Waals surface area contributed by atoms with Crippen molar-refractivity contribution in [1.29, 1.82) is 0 Å². The number of morpholine rings is 1. The SMILES string of the molecule is CC(C)(C)c1cccc(N2CCC(N3CCOCC3)CC2)c1. The van der Waals surface area contributed by atoms with Crippen LogP contribution in [0, 0.1) is 0 Å². The number of benzene rings is 1. The Morgan fingerprint density at radius 3 is 2.32 bits per heavy atom. The quantitative estimate of drug-likeness (QED) is 0.834. The van der Waals surface area contributed by atoms with Crippen molar-refractivity contribution in [2.24, 2.45) is 0 Å². The molecule has 0 atom stereocenters. The van der Waals surface area contributed by atoms with Crippen molar-refractivity contribution in [3.8, 4) is 0 Å². The summed E-state index contributed by atoms with van der Waals surface area (Å²) in [6.07, 6.45) is 2.56. The van der Waals surface area contributed by atoms with E-state index in [9.17, 15) is 0 Å². The van der Waals surface area contributed by atoms with Crippen LogP contribution in [0.4, 0.5) is 5.69 Å². The second-order valence-electron chi connectivity index (χ2n) is 7.67. The van der Waals surface area contributed by atoms with Crippen molar-refractivity contribution in [2.45, 2.75) is 45.1 Å². The minimum Gasteiger partial charge on any atom is -0.379 e. The molecule has 0 aliphatic carbocycles. The van der Waals surface area contributed by atoms with Gasteiger partial charge in [0.1, 0.15) is 0 Å². The van der Waals surface area contributed by atoms with Gasteiger partial charge in [-0.3, -0.25) is 4.90 Å². The third-order valence-electron chi connectivity index (χ3n) is 5.10. The van der Waals surface area contributed by atoms with E-state index >= 15 is 0 Å². The smallest absolute Gasteiger partial charge is 0.0594 e. The first-order valence-corrected chi connectivity index (χ1v) is 8.71. The predicted molar refractivity (Wildman–Crippen MR) is 92.8 cm³/mol. The number of rotatable bonds is 2. The lowest BCUT2D eigenvalue weighted by Crippen LogP contribution is -2.49. The van der Waals surface area contributed by atoms with Crippen LogP contribution in [0.1, 0.15) is 39.2 Å². The van der Waals surface area contributed by atoms with Gasteiger partial charge in [-0.2, -0.15) is 0 Å². The minimum absolute atomic E-state index is 0.224. The second kappa shape index (κ2) is 6.59. The minimum atomic E-state index is 0.224. The van der Waals surface area contributed by atoms with Crippen LogP contribution >= 0.6 is 0 Å². The summed E-state index contributed by atoms with van der Waals surface area (Å²) in [6.45, 7) is 13.3. The topological polar surface area (TPSA) is 15.7 Å². The number of ether oxygens (including phenoxy) is 1. The molecule has 1 aromatic carbocycles. The van der Waals surface area contributed by atoms with E-state index < -0.39 is 0 Å². The zero-order valence-electron chi connectivity index (χ0n) is 14.3. The zero-order chi connectivity index (χ0) is 15.6. The molecule has 0 unspecified atom stereocenters. The first kappa shape index (κ1) is 15.8. The first-order chi connectivity index (χ1) is 10.5. The van der Waals surface area contributed by atoms with Crippen molar-refractivity contribution in [1.82, 2.24) is 4.90 Å². The highest BCUT2D eigenvalue weighted by Crippen LogP contribution is 2.28. The van der Waals surface area contributed by atoms with Gasteiger partial charge in [-0.05, 0) is 36.0 Å². The molecule has 0 spiro atoms. The van der Waals surface area contributed by atoms with Crippen molar-refractivity contribution >= 4 is 5.69 Å². The van der Waals surface area contributed by atoms with E-state index in [1.54, 1.807) is 0 Å². The van der Waals surface area contributed by atoms with Gasteiger partial charge in [0.2, 0.25) is 0 Å². The average Bonchev–Trinajstić information content (AvgIpc) is 2.55. The molecule has 0 saturated carbocycles.